The molecule has 1 rings (SSSR count). The number of hydrogen-bond donors (Lipinski definition) is 0. The second kappa shape index (κ2) is 4.44. The van der Waals surface area contributed by atoms with Gasteiger partial charge in [0.2, 0.25) is 0 Å². The van der Waals surface area contributed by atoms with Gasteiger partial charge in [-0.3, -0.25) is 0 Å². The van der Waals surface area contributed by atoms with Gasteiger partial charge in [0.15, 0.2) is 0 Å². The molecule has 62 valence electrons. The van der Waals surface area contributed by atoms with Crippen LogP contribution in [-0.4, -0.2) is 7.69 Å². The van der Waals surface area contributed by atoms with Crippen molar-refractivity contribution in [2.24, 2.45) is 0 Å². The highest BCUT2D eigenvalue weighted by Crippen LogP contribution is 2.09. The second-order valence-corrected chi connectivity index (χ2v) is 2.05. The molecule has 1 aromatic rings. The van der Waals surface area contributed by atoms with E-state index in [-0.39, 0.29) is 13.5 Å². The molecule has 0 heterocycles. The average molecular weight is 166 g/mol. The Morgan fingerprint density at radius 2 is 2.00 bits per heavy atom. The Balaban J connectivity index is 2.42. The highest BCUT2D eigenvalue weighted by atomic mass is 19.1. The molecule has 0 bridgehead atoms. The molecule has 0 saturated carbocycles. The second-order valence-electron chi connectivity index (χ2n) is 2.05. The highest BCUT2D eigenvalue weighted by Gasteiger charge is 1.95. The van der Waals surface area contributed by atoms with E-state index in [1.807, 2.05) is 0 Å². The first kappa shape index (κ1) is 8.65. The molecule has 0 aliphatic rings. The molecule has 0 spiro atoms. The van der Waals surface area contributed by atoms with Gasteiger partial charge in [0.1, 0.15) is 11.6 Å². The first-order chi connectivity index (χ1) is 5.83. The maximum atomic E-state index is 12.4. The molecule has 0 aromatic heterocycles. The zero-order valence-electron chi connectivity index (χ0n) is 6.50. The molecular formula is C8H8BFO2. The zero-order chi connectivity index (χ0) is 8.81. The smallest absolute Gasteiger partial charge is 0.535 e. The van der Waals surface area contributed by atoms with E-state index in [0.717, 1.165) is 0 Å². The summed E-state index contributed by atoms with van der Waals surface area (Å²) in [4.78, 5) is 0. The van der Waals surface area contributed by atoms with Crippen LogP contribution in [0.5, 0.6) is 5.75 Å². The molecule has 0 N–H and O–H groups in total. The lowest BCUT2D eigenvalue weighted by molar-refractivity contribution is 0.413. The van der Waals surface area contributed by atoms with E-state index in [4.69, 9.17) is 9.31 Å². The van der Waals surface area contributed by atoms with Crippen LogP contribution < -0.4 is 4.65 Å². The molecule has 0 unspecified atom stereocenters. The summed E-state index contributed by atoms with van der Waals surface area (Å²) in [6.07, 6.45) is 1.28. The quantitative estimate of drug-likeness (QED) is 0.384. The van der Waals surface area contributed by atoms with Gasteiger partial charge in [-0.25, -0.2) is 4.39 Å². The van der Waals surface area contributed by atoms with E-state index < -0.39 is 0 Å². The zero-order valence-corrected chi connectivity index (χ0v) is 6.50. The van der Waals surface area contributed by atoms with Gasteiger partial charge >= 0.3 is 7.69 Å². The monoisotopic (exact) mass is 166 g/mol. The minimum Gasteiger partial charge on any atom is -0.535 e. The number of benzene rings is 1. The van der Waals surface area contributed by atoms with Crippen LogP contribution in [0, 0.1) is 5.82 Å². The normalized spacial score (nSPS) is 8.75. The first-order valence-electron chi connectivity index (χ1n) is 3.44. The molecule has 4 heteroatoms. The topological polar surface area (TPSA) is 18.5 Å². The van der Waals surface area contributed by atoms with E-state index in [1.54, 1.807) is 0 Å². The summed E-state index contributed by atoms with van der Waals surface area (Å²) in [5, 5.41) is 0. The Hall–Kier alpha value is -1.45. The fourth-order valence-corrected chi connectivity index (χ4v) is 0.681. The molecule has 1 aromatic carbocycles. The molecule has 0 atom stereocenters. The van der Waals surface area contributed by atoms with Gasteiger partial charge in [0.05, 0.1) is 6.26 Å². The fraction of sp³-hybridized carbons (Fsp3) is 0. The Bertz CT molecular complexity index is 248. The van der Waals surface area contributed by atoms with Gasteiger partial charge < -0.3 is 9.31 Å². The van der Waals surface area contributed by atoms with E-state index in [9.17, 15) is 4.39 Å². The summed E-state index contributed by atoms with van der Waals surface area (Å²) in [5.74, 6) is 0.283. The number of rotatable bonds is 4. The Morgan fingerprint density at radius 3 is 2.58 bits per heavy atom. The van der Waals surface area contributed by atoms with Crippen molar-refractivity contribution in [1.29, 1.82) is 0 Å². The van der Waals surface area contributed by atoms with Crippen molar-refractivity contribution >= 4 is 7.69 Å². The molecule has 0 radical (unpaired) electrons. The minimum absolute atomic E-state index is 0.0924. The van der Waals surface area contributed by atoms with Crippen LogP contribution in [-0.2, 0) is 4.65 Å². The summed E-state index contributed by atoms with van der Waals surface area (Å²) in [5.41, 5.74) is 0. The largest absolute Gasteiger partial charge is 0.576 e. The summed E-state index contributed by atoms with van der Waals surface area (Å²) in [6.45, 7) is 3.34. The van der Waals surface area contributed by atoms with Gasteiger partial charge in [-0.2, -0.15) is 0 Å². The van der Waals surface area contributed by atoms with Crippen LogP contribution >= 0.6 is 0 Å². The van der Waals surface area contributed by atoms with Gasteiger partial charge in [-0.05, 0) is 24.3 Å². The third-order valence-corrected chi connectivity index (χ3v) is 1.23. The molecule has 2 nitrogen and oxygen atoms in total. The third-order valence-electron chi connectivity index (χ3n) is 1.23. The standard InChI is InChI=1S/C8H8BFO2/c1-2-11-9-12-8-5-3-7(10)4-6-8/h2-6,9H,1H2. The molecule has 0 aliphatic carbocycles. The van der Waals surface area contributed by atoms with Gasteiger partial charge in [-0.1, -0.05) is 6.58 Å². The van der Waals surface area contributed by atoms with Crippen LogP contribution in [0.3, 0.4) is 0 Å². The van der Waals surface area contributed by atoms with Crippen molar-refractivity contribution in [3.63, 3.8) is 0 Å². The SMILES string of the molecule is C=COBOc1ccc(F)cc1. The maximum absolute atomic E-state index is 12.4. The summed E-state index contributed by atoms with van der Waals surface area (Å²) < 4.78 is 22.1. The third kappa shape index (κ3) is 2.66. The van der Waals surface area contributed by atoms with Crippen molar-refractivity contribution in [1.82, 2.24) is 0 Å². The lowest BCUT2D eigenvalue weighted by Crippen LogP contribution is -2.03. The average Bonchev–Trinajstić information content (AvgIpc) is 2.09. The van der Waals surface area contributed by atoms with E-state index >= 15 is 0 Å². The van der Waals surface area contributed by atoms with Crippen LogP contribution in [0.2, 0.25) is 0 Å². The predicted molar refractivity (Wildman–Crippen MR) is 45.5 cm³/mol. The maximum Gasteiger partial charge on any atom is 0.576 e. The number of halogens is 1. The highest BCUT2D eigenvalue weighted by molar-refractivity contribution is 6.19. The van der Waals surface area contributed by atoms with Crippen molar-refractivity contribution in [2.75, 3.05) is 0 Å². The van der Waals surface area contributed by atoms with Crippen LogP contribution in [0.25, 0.3) is 0 Å². The minimum atomic E-state index is -0.285. The van der Waals surface area contributed by atoms with Crippen molar-refractivity contribution in [3.05, 3.63) is 42.9 Å². The van der Waals surface area contributed by atoms with Crippen molar-refractivity contribution in [2.45, 2.75) is 0 Å². The van der Waals surface area contributed by atoms with Crippen molar-refractivity contribution < 1.29 is 13.7 Å². The van der Waals surface area contributed by atoms with Crippen molar-refractivity contribution in [3.8, 4) is 5.75 Å². The lowest BCUT2D eigenvalue weighted by Gasteiger charge is -2.02. The molecule has 0 saturated heterocycles. The fourth-order valence-electron chi connectivity index (χ4n) is 0.681. The van der Waals surface area contributed by atoms with E-state index in [0.29, 0.717) is 5.75 Å². The van der Waals surface area contributed by atoms with Crippen LogP contribution in [0.15, 0.2) is 37.1 Å². The predicted octanol–water partition coefficient (Wildman–Crippen LogP) is 1.63. The van der Waals surface area contributed by atoms with Gasteiger partial charge in [0, 0.05) is 0 Å². The summed E-state index contributed by atoms with van der Waals surface area (Å²) >= 11 is 0. The first-order valence-corrected chi connectivity index (χ1v) is 3.44. The molecule has 0 aliphatic heterocycles. The van der Waals surface area contributed by atoms with Gasteiger partial charge in [0.25, 0.3) is 0 Å². The van der Waals surface area contributed by atoms with E-state index in [2.05, 4.69) is 6.58 Å². The summed E-state index contributed by atoms with van der Waals surface area (Å²) in [7, 11) is 0.0924. The van der Waals surface area contributed by atoms with E-state index in [1.165, 1.54) is 30.5 Å². The Morgan fingerprint density at radius 1 is 1.33 bits per heavy atom. The lowest BCUT2D eigenvalue weighted by atomic mass is 10.3. The van der Waals surface area contributed by atoms with Crippen LogP contribution in [0.1, 0.15) is 0 Å². The Kier molecular flexibility index (Phi) is 3.20. The molecule has 0 fully saturated rings. The van der Waals surface area contributed by atoms with Gasteiger partial charge in [-0.15, -0.1) is 0 Å². The molecule has 12 heavy (non-hydrogen) atoms. The molecular weight excluding hydrogens is 158 g/mol. The number of hydrogen-bond acceptors (Lipinski definition) is 2. The Labute approximate surface area is 70.9 Å². The molecule has 0 amide bonds. The van der Waals surface area contributed by atoms with Crippen LogP contribution in [0.4, 0.5) is 4.39 Å². The summed E-state index contributed by atoms with van der Waals surface area (Å²) in [6, 6.07) is 5.70.